The number of hydrogen-bond acceptors (Lipinski definition) is 6. The van der Waals surface area contributed by atoms with Crippen LogP contribution in [0.2, 0.25) is 0 Å². The molecule has 0 saturated carbocycles. The van der Waals surface area contributed by atoms with E-state index in [1.54, 1.807) is 0 Å². The van der Waals surface area contributed by atoms with Crippen LogP contribution in [0.25, 0.3) is 0 Å². The van der Waals surface area contributed by atoms with Crippen LogP contribution in [0, 0.1) is 0 Å². The summed E-state index contributed by atoms with van der Waals surface area (Å²) in [6, 6.07) is -0.330. The average Bonchev–Trinajstić information content (AvgIpc) is 2.84. The molecule has 0 amide bonds. The lowest BCUT2D eigenvalue weighted by molar-refractivity contribution is 0.103. The van der Waals surface area contributed by atoms with Crippen LogP contribution in [0.15, 0.2) is 0 Å². The topological polar surface area (TPSA) is 102 Å². The minimum Gasteiger partial charge on any atom is -0.378 e. The van der Waals surface area contributed by atoms with Crippen molar-refractivity contribution in [1.29, 1.82) is 0 Å². The Balaban J connectivity index is 2.04. The van der Waals surface area contributed by atoms with Crippen molar-refractivity contribution < 1.29 is 21.6 Å². The van der Waals surface area contributed by atoms with Crippen LogP contribution in [0.3, 0.4) is 0 Å². The molecule has 2 rings (SSSR count). The van der Waals surface area contributed by atoms with Gasteiger partial charge in [0.2, 0.25) is 10.0 Å². The fraction of sp³-hybridized carbons (Fsp3) is 1.00. The summed E-state index contributed by atoms with van der Waals surface area (Å²) in [5, 5.41) is 2.20. The maximum atomic E-state index is 12.1. The van der Waals surface area contributed by atoms with Gasteiger partial charge in [0.15, 0.2) is 9.84 Å². The van der Waals surface area contributed by atoms with Crippen LogP contribution in [-0.2, 0) is 24.6 Å². The molecule has 2 aliphatic rings. The second kappa shape index (κ2) is 5.04. The molecule has 2 heterocycles. The molecule has 0 spiro atoms. The van der Waals surface area contributed by atoms with E-state index in [1.807, 2.05) is 0 Å². The quantitative estimate of drug-likeness (QED) is 0.627. The van der Waals surface area contributed by atoms with Crippen LogP contribution in [0.4, 0.5) is 0 Å². The van der Waals surface area contributed by atoms with Gasteiger partial charge in [-0.1, -0.05) is 0 Å². The van der Waals surface area contributed by atoms with Crippen molar-refractivity contribution in [3.05, 3.63) is 0 Å². The molecular formula is C9H18N2O5S2. The number of methoxy groups -OCH3 is 1. The molecule has 0 bridgehead atoms. The summed E-state index contributed by atoms with van der Waals surface area (Å²) in [4.78, 5) is 0. The molecule has 7 nitrogen and oxygen atoms in total. The molecule has 2 aliphatic heterocycles. The molecule has 18 heavy (non-hydrogen) atoms. The zero-order valence-electron chi connectivity index (χ0n) is 10.1. The highest BCUT2D eigenvalue weighted by molar-refractivity contribution is 7.95. The van der Waals surface area contributed by atoms with Crippen molar-refractivity contribution in [2.24, 2.45) is 0 Å². The van der Waals surface area contributed by atoms with E-state index in [4.69, 9.17) is 4.74 Å². The lowest BCUT2D eigenvalue weighted by atomic mass is 10.2. The van der Waals surface area contributed by atoms with Crippen molar-refractivity contribution in [2.75, 3.05) is 31.7 Å². The van der Waals surface area contributed by atoms with E-state index < -0.39 is 25.1 Å². The van der Waals surface area contributed by atoms with Gasteiger partial charge in [-0.25, -0.2) is 21.6 Å². The van der Waals surface area contributed by atoms with Crippen molar-refractivity contribution in [2.45, 2.75) is 23.8 Å². The number of hydrogen-bond donors (Lipinski definition) is 2. The summed E-state index contributed by atoms with van der Waals surface area (Å²) in [6.07, 6.45) is -0.0343. The summed E-state index contributed by atoms with van der Waals surface area (Å²) in [6.45, 7) is 1.09. The monoisotopic (exact) mass is 298 g/mol. The van der Waals surface area contributed by atoms with Gasteiger partial charge in [0.05, 0.1) is 28.9 Å². The third-order valence-corrected chi connectivity index (χ3v) is 7.30. The van der Waals surface area contributed by atoms with Gasteiger partial charge in [-0.3, -0.25) is 0 Å². The molecule has 2 unspecified atom stereocenters. The van der Waals surface area contributed by atoms with Crippen molar-refractivity contribution in [1.82, 2.24) is 10.0 Å². The molecule has 0 aromatic heterocycles. The van der Waals surface area contributed by atoms with Gasteiger partial charge in [-0.15, -0.1) is 0 Å². The number of sulfonamides is 1. The fourth-order valence-electron chi connectivity index (χ4n) is 2.33. The van der Waals surface area contributed by atoms with Crippen LogP contribution >= 0.6 is 0 Å². The second-order valence-electron chi connectivity index (χ2n) is 4.73. The van der Waals surface area contributed by atoms with Gasteiger partial charge in [0, 0.05) is 20.2 Å². The fourth-order valence-corrected chi connectivity index (χ4v) is 6.64. The highest BCUT2D eigenvalue weighted by Crippen LogP contribution is 2.19. The molecule has 9 heteroatoms. The molecule has 106 valence electrons. The summed E-state index contributed by atoms with van der Waals surface area (Å²) in [7, 11) is -5.28. The van der Waals surface area contributed by atoms with E-state index in [-0.39, 0.29) is 30.1 Å². The third kappa shape index (κ3) is 3.02. The predicted octanol–water partition coefficient (Wildman–Crippen LogP) is -1.92. The van der Waals surface area contributed by atoms with E-state index in [0.717, 1.165) is 0 Å². The van der Waals surface area contributed by atoms with Gasteiger partial charge in [0.25, 0.3) is 0 Å². The highest BCUT2D eigenvalue weighted by Gasteiger charge is 2.40. The Morgan fingerprint density at radius 1 is 1.33 bits per heavy atom. The lowest BCUT2D eigenvalue weighted by Crippen LogP contribution is -2.47. The molecule has 2 N–H and O–H groups in total. The van der Waals surface area contributed by atoms with E-state index in [9.17, 15) is 16.8 Å². The highest BCUT2D eigenvalue weighted by atomic mass is 32.2. The minimum absolute atomic E-state index is 0.0464. The zero-order chi connectivity index (χ0) is 13.4. The van der Waals surface area contributed by atoms with Crippen molar-refractivity contribution in [3.63, 3.8) is 0 Å². The van der Waals surface area contributed by atoms with Gasteiger partial charge in [-0.05, 0) is 6.42 Å². The van der Waals surface area contributed by atoms with Crippen LogP contribution in [0.1, 0.15) is 6.42 Å². The normalized spacial score (nSPS) is 35.9. The Bertz CT molecular complexity index is 501. The first-order valence-corrected chi connectivity index (χ1v) is 9.16. The first-order chi connectivity index (χ1) is 8.34. The number of rotatable bonds is 4. The van der Waals surface area contributed by atoms with E-state index >= 15 is 0 Å². The molecule has 0 aromatic carbocycles. The Morgan fingerprint density at radius 2 is 2.06 bits per heavy atom. The zero-order valence-corrected chi connectivity index (χ0v) is 11.8. The standard InChI is InChI=1S/C9H18N2O5S2/c1-16-9-5-10-4-8(9)11-18(14,15)7-2-3-17(12,13)6-7/h7-11H,2-6H2,1H3/t7?,8?,9-/m1/s1. The van der Waals surface area contributed by atoms with E-state index in [0.29, 0.717) is 13.1 Å². The third-order valence-electron chi connectivity index (χ3n) is 3.41. The summed E-state index contributed by atoms with van der Waals surface area (Å²) >= 11 is 0. The summed E-state index contributed by atoms with van der Waals surface area (Å²) < 4.78 is 54.5. The average molecular weight is 298 g/mol. The SMILES string of the molecule is CO[C@@H]1CNCC1NS(=O)(=O)C1CCS(=O)(=O)C1. The Labute approximate surface area is 107 Å². The van der Waals surface area contributed by atoms with Crippen molar-refractivity contribution >= 4 is 19.9 Å². The second-order valence-corrected chi connectivity index (χ2v) is 8.95. The molecule has 2 saturated heterocycles. The van der Waals surface area contributed by atoms with E-state index in [2.05, 4.69) is 10.0 Å². The van der Waals surface area contributed by atoms with Gasteiger partial charge in [-0.2, -0.15) is 0 Å². The van der Waals surface area contributed by atoms with Gasteiger partial charge in [0.1, 0.15) is 0 Å². The molecule has 0 aliphatic carbocycles. The van der Waals surface area contributed by atoms with Crippen LogP contribution in [-0.4, -0.2) is 65.9 Å². The first-order valence-electron chi connectivity index (χ1n) is 5.79. The number of nitrogens with one attached hydrogen (secondary N) is 2. The van der Waals surface area contributed by atoms with Gasteiger partial charge < -0.3 is 10.1 Å². The van der Waals surface area contributed by atoms with Crippen LogP contribution < -0.4 is 10.0 Å². The maximum absolute atomic E-state index is 12.1. The molecule has 2 fully saturated rings. The maximum Gasteiger partial charge on any atom is 0.215 e. The van der Waals surface area contributed by atoms with E-state index in [1.165, 1.54) is 7.11 Å². The molecule has 0 aromatic rings. The Kier molecular flexibility index (Phi) is 3.98. The Hall–Kier alpha value is -0.220. The number of sulfone groups is 1. The smallest absolute Gasteiger partial charge is 0.215 e. The predicted molar refractivity (Wildman–Crippen MR) is 66.6 cm³/mol. The lowest BCUT2D eigenvalue weighted by Gasteiger charge is -2.20. The molecule has 3 atom stereocenters. The summed E-state index contributed by atoms with van der Waals surface area (Å²) in [5.74, 6) is -0.324. The Morgan fingerprint density at radius 3 is 2.61 bits per heavy atom. The van der Waals surface area contributed by atoms with Crippen LogP contribution in [0.5, 0.6) is 0 Å². The summed E-state index contributed by atoms with van der Waals surface area (Å²) in [5.41, 5.74) is 0. The van der Waals surface area contributed by atoms with Gasteiger partial charge >= 0.3 is 0 Å². The molecular weight excluding hydrogens is 280 g/mol. The number of ether oxygens (including phenoxy) is 1. The minimum atomic E-state index is -3.61. The van der Waals surface area contributed by atoms with Crippen molar-refractivity contribution in [3.8, 4) is 0 Å². The molecule has 0 radical (unpaired) electrons. The largest absolute Gasteiger partial charge is 0.378 e. The first kappa shape index (κ1) is 14.2.